The molecule has 0 saturated carbocycles. The average Bonchev–Trinajstić information content (AvgIpc) is 3.08. The number of piperazine rings is 1. The average molecular weight is 330 g/mol. The van der Waals surface area contributed by atoms with Crippen LogP contribution < -0.4 is 10.2 Å². The summed E-state index contributed by atoms with van der Waals surface area (Å²) >= 11 is 1.77. The van der Waals surface area contributed by atoms with Crippen LogP contribution in [0.3, 0.4) is 0 Å². The lowest BCUT2D eigenvalue weighted by Gasteiger charge is -2.35. The van der Waals surface area contributed by atoms with Gasteiger partial charge in [-0.05, 0) is 60.5 Å². The van der Waals surface area contributed by atoms with Gasteiger partial charge < -0.3 is 15.1 Å². The molecule has 1 aromatic carbocycles. The summed E-state index contributed by atoms with van der Waals surface area (Å²) < 4.78 is 0. The van der Waals surface area contributed by atoms with E-state index in [1.807, 2.05) is 0 Å². The second kappa shape index (κ2) is 7.84. The van der Waals surface area contributed by atoms with Crippen LogP contribution in [0, 0.1) is 0 Å². The zero-order chi connectivity index (χ0) is 16.1. The molecule has 1 aromatic heterocycles. The molecule has 3 nitrogen and oxygen atoms in total. The number of hydrogen-bond acceptors (Lipinski definition) is 4. The molecule has 1 atom stereocenters. The van der Waals surface area contributed by atoms with Gasteiger partial charge in [-0.15, -0.1) is 0 Å². The van der Waals surface area contributed by atoms with E-state index in [0.717, 1.165) is 26.1 Å². The van der Waals surface area contributed by atoms with Crippen molar-refractivity contribution in [2.45, 2.75) is 26.3 Å². The zero-order valence-corrected chi connectivity index (χ0v) is 15.0. The Morgan fingerprint density at radius 1 is 1.17 bits per heavy atom. The Bertz CT molecular complexity index is 588. The molecule has 1 N–H and O–H groups in total. The molecule has 0 radical (unpaired) electrons. The Kier molecular flexibility index (Phi) is 5.57. The van der Waals surface area contributed by atoms with Crippen LogP contribution in [0.5, 0.6) is 0 Å². The van der Waals surface area contributed by atoms with Crippen molar-refractivity contribution in [3.05, 3.63) is 46.7 Å². The van der Waals surface area contributed by atoms with Crippen molar-refractivity contribution in [1.82, 2.24) is 4.90 Å². The Labute approximate surface area is 143 Å². The molecular formula is C19H27N3S. The molecule has 1 aliphatic rings. The number of nitrogens with zero attached hydrogens (tertiary/aromatic N) is 2. The van der Waals surface area contributed by atoms with Crippen LogP contribution in [0.15, 0.2) is 41.1 Å². The van der Waals surface area contributed by atoms with Gasteiger partial charge in [-0.1, -0.05) is 13.0 Å². The Hall–Kier alpha value is -1.52. The molecule has 2 aromatic rings. The first kappa shape index (κ1) is 16.3. The van der Waals surface area contributed by atoms with Crippen molar-refractivity contribution in [3.63, 3.8) is 0 Å². The highest BCUT2D eigenvalue weighted by Crippen LogP contribution is 2.22. The van der Waals surface area contributed by atoms with E-state index < -0.39 is 0 Å². The quantitative estimate of drug-likeness (QED) is 0.866. The molecule has 0 unspecified atom stereocenters. The lowest BCUT2D eigenvalue weighted by atomic mass is 10.1. The maximum atomic E-state index is 3.65. The highest BCUT2D eigenvalue weighted by Gasteiger charge is 2.16. The normalized spacial score (nSPS) is 17.2. The molecule has 3 rings (SSSR count). The van der Waals surface area contributed by atoms with E-state index in [1.54, 1.807) is 11.3 Å². The third-order valence-electron chi connectivity index (χ3n) is 4.57. The minimum absolute atomic E-state index is 0.441. The fourth-order valence-electron chi connectivity index (χ4n) is 3.21. The van der Waals surface area contributed by atoms with Crippen LogP contribution in [-0.4, -0.2) is 43.7 Å². The number of anilines is 2. The highest BCUT2D eigenvalue weighted by molar-refractivity contribution is 7.07. The summed E-state index contributed by atoms with van der Waals surface area (Å²) in [6.07, 6.45) is 1.07. The van der Waals surface area contributed by atoms with E-state index in [-0.39, 0.29) is 0 Å². The maximum absolute atomic E-state index is 3.65. The van der Waals surface area contributed by atoms with Crippen molar-refractivity contribution in [2.24, 2.45) is 0 Å². The Balaban J connectivity index is 1.59. The number of nitrogens with one attached hydrogen (secondary N) is 1. The van der Waals surface area contributed by atoms with Crippen LogP contribution >= 0.6 is 11.3 Å². The lowest BCUT2D eigenvalue weighted by molar-refractivity contribution is 0.271. The second-order valence-electron chi connectivity index (χ2n) is 6.35. The SMILES string of the molecule is CCN1CCN(c2cccc(N[C@@H](C)Cc3ccsc3)c2)CC1. The van der Waals surface area contributed by atoms with Gasteiger partial charge in [0.05, 0.1) is 0 Å². The van der Waals surface area contributed by atoms with Gasteiger partial charge in [-0.3, -0.25) is 0 Å². The summed E-state index contributed by atoms with van der Waals surface area (Å²) in [5.74, 6) is 0. The fourth-order valence-corrected chi connectivity index (χ4v) is 3.89. The molecule has 0 amide bonds. The first-order chi connectivity index (χ1) is 11.2. The fraction of sp³-hybridized carbons (Fsp3) is 0.474. The van der Waals surface area contributed by atoms with E-state index in [0.29, 0.717) is 6.04 Å². The Morgan fingerprint density at radius 2 is 2.00 bits per heavy atom. The van der Waals surface area contributed by atoms with Crippen molar-refractivity contribution in [2.75, 3.05) is 42.9 Å². The van der Waals surface area contributed by atoms with Crippen molar-refractivity contribution < 1.29 is 0 Å². The van der Waals surface area contributed by atoms with Gasteiger partial charge in [0.25, 0.3) is 0 Å². The first-order valence-electron chi connectivity index (χ1n) is 8.59. The van der Waals surface area contributed by atoms with Gasteiger partial charge in [0.15, 0.2) is 0 Å². The molecule has 0 bridgehead atoms. The zero-order valence-electron chi connectivity index (χ0n) is 14.2. The number of benzene rings is 1. The first-order valence-corrected chi connectivity index (χ1v) is 9.54. The number of likely N-dealkylation sites (N-methyl/N-ethyl adjacent to an activating group) is 1. The summed E-state index contributed by atoms with van der Waals surface area (Å²) in [7, 11) is 0. The van der Waals surface area contributed by atoms with Crippen LogP contribution in [0.25, 0.3) is 0 Å². The predicted molar refractivity (Wildman–Crippen MR) is 102 cm³/mol. The summed E-state index contributed by atoms with van der Waals surface area (Å²) in [6.45, 7) is 10.3. The van der Waals surface area contributed by atoms with Crippen molar-refractivity contribution >= 4 is 22.7 Å². The van der Waals surface area contributed by atoms with Gasteiger partial charge in [-0.2, -0.15) is 11.3 Å². The number of thiophene rings is 1. The van der Waals surface area contributed by atoms with Gasteiger partial charge in [0.1, 0.15) is 0 Å². The third kappa shape index (κ3) is 4.49. The number of rotatable bonds is 6. The molecule has 4 heteroatoms. The largest absolute Gasteiger partial charge is 0.382 e. The minimum Gasteiger partial charge on any atom is -0.382 e. The van der Waals surface area contributed by atoms with E-state index >= 15 is 0 Å². The van der Waals surface area contributed by atoms with Crippen LogP contribution in [0.4, 0.5) is 11.4 Å². The molecule has 1 saturated heterocycles. The molecule has 1 aliphatic heterocycles. The molecule has 0 spiro atoms. The molecule has 0 aliphatic carbocycles. The second-order valence-corrected chi connectivity index (χ2v) is 7.13. The number of hydrogen-bond donors (Lipinski definition) is 1. The van der Waals surface area contributed by atoms with E-state index in [4.69, 9.17) is 0 Å². The summed E-state index contributed by atoms with van der Waals surface area (Å²) in [6, 6.07) is 11.5. The predicted octanol–water partition coefficient (Wildman–Crippen LogP) is 3.93. The standard InChI is InChI=1S/C19H27N3S/c1-3-21-8-10-22(11-9-21)19-6-4-5-18(14-19)20-16(2)13-17-7-12-23-15-17/h4-7,12,14-16,20H,3,8-11,13H2,1-2H3/t16-/m0/s1. The molecule has 1 fully saturated rings. The maximum Gasteiger partial charge on any atom is 0.0387 e. The summed E-state index contributed by atoms with van der Waals surface area (Å²) in [5.41, 5.74) is 3.98. The van der Waals surface area contributed by atoms with Gasteiger partial charge in [0, 0.05) is 43.6 Å². The molecule has 23 heavy (non-hydrogen) atoms. The lowest BCUT2D eigenvalue weighted by Crippen LogP contribution is -2.46. The van der Waals surface area contributed by atoms with Crippen molar-refractivity contribution in [3.8, 4) is 0 Å². The topological polar surface area (TPSA) is 18.5 Å². The molecule has 2 heterocycles. The smallest absolute Gasteiger partial charge is 0.0387 e. The van der Waals surface area contributed by atoms with Crippen LogP contribution in [0.2, 0.25) is 0 Å². The highest BCUT2D eigenvalue weighted by atomic mass is 32.1. The minimum atomic E-state index is 0.441. The van der Waals surface area contributed by atoms with E-state index in [1.165, 1.54) is 30.0 Å². The van der Waals surface area contributed by atoms with E-state index in [9.17, 15) is 0 Å². The summed E-state index contributed by atoms with van der Waals surface area (Å²) in [5, 5.41) is 8.04. The van der Waals surface area contributed by atoms with Crippen molar-refractivity contribution in [1.29, 1.82) is 0 Å². The molecular weight excluding hydrogens is 302 g/mol. The van der Waals surface area contributed by atoms with Crippen LogP contribution in [-0.2, 0) is 6.42 Å². The third-order valence-corrected chi connectivity index (χ3v) is 5.30. The van der Waals surface area contributed by atoms with E-state index in [2.05, 4.69) is 70.1 Å². The monoisotopic (exact) mass is 329 g/mol. The Morgan fingerprint density at radius 3 is 2.70 bits per heavy atom. The van der Waals surface area contributed by atoms with Gasteiger partial charge in [-0.25, -0.2) is 0 Å². The van der Waals surface area contributed by atoms with Gasteiger partial charge >= 0.3 is 0 Å². The van der Waals surface area contributed by atoms with Gasteiger partial charge in [0.2, 0.25) is 0 Å². The summed E-state index contributed by atoms with van der Waals surface area (Å²) in [4.78, 5) is 5.02. The molecule has 124 valence electrons. The van der Waals surface area contributed by atoms with Crippen LogP contribution in [0.1, 0.15) is 19.4 Å².